The number of amides is 1. The second kappa shape index (κ2) is 11.0. The summed E-state index contributed by atoms with van der Waals surface area (Å²) in [7, 11) is -8.30. The van der Waals surface area contributed by atoms with E-state index in [-0.39, 0.29) is 36.6 Å². The summed E-state index contributed by atoms with van der Waals surface area (Å²) >= 11 is 0. The monoisotopic (exact) mass is 598 g/mol. The fourth-order valence-corrected chi connectivity index (χ4v) is 7.28. The number of pyridine rings is 1. The lowest BCUT2D eigenvalue weighted by atomic mass is 9.85. The maximum absolute atomic E-state index is 13.4. The summed E-state index contributed by atoms with van der Waals surface area (Å²) in [4.78, 5) is 16.9. The van der Waals surface area contributed by atoms with Crippen LogP contribution in [0.3, 0.4) is 0 Å². The van der Waals surface area contributed by atoms with Crippen molar-refractivity contribution in [2.75, 3.05) is 18.8 Å². The molecule has 0 atom stereocenters. The van der Waals surface area contributed by atoms with Crippen molar-refractivity contribution in [3.8, 4) is 5.75 Å². The van der Waals surface area contributed by atoms with Gasteiger partial charge in [-0.1, -0.05) is 13.0 Å². The molecule has 0 unspecified atom stereocenters. The first-order valence-corrected chi connectivity index (χ1v) is 14.9. The van der Waals surface area contributed by atoms with Crippen LogP contribution >= 0.6 is 0 Å². The number of carbonyl (C=O) groups is 1. The van der Waals surface area contributed by atoms with Crippen molar-refractivity contribution in [3.05, 3.63) is 47.8 Å². The maximum Gasteiger partial charge on any atom is 0.417 e. The summed E-state index contributed by atoms with van der Waals surface area (Å²) in [5.41, 5.74) is -1.94. The van der Waals surface area contributed by atoms with E-state index in [1.807, 2.05) is 0 Å². The highest BCUT2D eigenvalue weighted by Gasteiger charge is 2.45. The molecule has 1 aromatic heterocycles. The van der Waals surface area contributed by atoms with E-state index in [0.717, 1.165) is 6.07 Å². The molecule has 1 saturated heterocycles. The predicted molar refractivity (Wildman–Crippen MR) is 130 cm³/mol. The van der Waals surface area contributed by atoms with Gasteiger partial charge < -0.3 is 9.64 Å². The molecule has 216 valence electrons. The third kappa shape index (κ3) is 6.34. The first kappa shape index (κ1) is 30.7. The highest BCUT2D eigenvalue weighted by atomic mass is 32.2. The van der Waals surface area contributed by atoms with Gasteiger partial charge in [0, 0.05) is 19.3 Å². The molecule has 1 fully saturated rings. The molecule has 3 rings (SSSR count). The lowest BCUT2D eigenvalue weighted by Gasteiger charge is -2.40. The Balaban J connectivity index is 1.83. The Hall–Kier alpha value is -2.81. The van der Waals surface area contributed by atoms with Crippen LogP contribution in [-0.2, 0) is 25.9 Å². The van der Waals surface area contributed by atoms with Crippen molar-refractivity contribution in [3.63, 3.8) is 0 Å². The summed E-state index contributed by atoms with van der Waals surface area (Å²) in [5.74, 6) is -2.24. The van der Waals surface area contributed by atoms with Gasteiger partial charge in [0.05, 0.1) is 25.9 Å². The minimum Gasteiger partial charge on any atom is -0.435 e. The summed E-state index contributed by atoms with van der Waals surface area (Å²) in [6.07, 6.45) is -4.13. The first-order valence-electron chi connectivity index (χ1n) is 11.8. The Bertz CT molecular complexity index is 1440. The van der Waals surface area contributed by atoms with Gasteiger partial charge in [-0.15, -0.1) is 0 Å². The molecule has 0 saturated carbocycles. The molecule has 2 heterocycles. The van der Waals surface area contributed by atoms with Crippen LogP contribution in [0.1, 0.15) is 49.7 Å². The van der Waals surface area contributed by atoms with Gasteiger partial charge >= 0.3 is 12.8 Å². The van der Waals surface area contributed by atoms with Crippen LogP contribution in [0.5, 0.6) is 5.75 Å². The van der Waals surface area contributed by atoms with Crippen LogP contribution in [0.2, 0.25) is 0 Å². The Kier molecular flexibility index (Phi) is 8.66. The topological polar surface area (TPSA) is 111 Å². The van der Waals surface area contributed by atoms with Crippen LogP contribution in [0.15, 0.2) is 46.3 Å². The molecule has 1 aromatic carbocycles. The normalized spacial score (nSPS) is 16.0. The van der Waals surface area contributed by atoms with Gasteiger partial charge in [0.2, 0.25) is 0 Å². The molecule has 2 aromatic rings. The van der Waals surface area contributed by atoms with E-state index >= 15 is 0 Å². The zero-order valence-electron chi connectivity index (χ0n) is 21.2. The molecule has 1 aliphatic rings. The van der Waals surface area contributed by atoms with E-state index in [9.17, 15) is 43.6 Å². The quantitative estimate of drug-likeness (QED) is 0.409. The molecular formula is C24H27F5N2O6S2. The average Bonchev–Trinajstić information content (AvgIpc) is 2.87. The number of alkyl halides is 5. The van der Waals surface area contributed by atoms with E-state index in [1.165, 1.54) is 43.9 Å². The van der Waals surface area contributed by atoms with E-state index in [4.69, 9.17) is 0 Å². The van der Waals surface area contributed by atoms with Crippen LogP contribution in [0.25, 0.3) is 0 Å². The third-order valence-corrected chi connectivity index (χ3v) is 11.2. The SMILES string of the molecule is CCS(=O)(=O)c1cc(C(F)(F)F)cnc1C(=O)N1CCC(C(C)(C)S(=O)(=O)c2cccc(OC(F)F)c2)CC1. The third-order valence-electron chi connectivity index (χ3n) is 6.90. The molecule has 0 radical (unpaired) electrons. The number of sulfone groups is 2. The van der Waals surface area contributed by atoms with Crippen LogP contribution in [0, 0.1) is 5.92 Å². The summed E-state index contributed by atoms with van der Waals surface area (Å²) in [5, 5.41) is 0. The minimum atomic E-state index is -4.87. The molecule has 1 aliphatic heterocycles. The van der Waals surface area contributed by atoms with Gasteiger partial charge in [-0.3, -0.25) is 4.79 Å². The Morgan fingerprint density at radius 1 is 1.10 bits per heavy atom. The highest BCUT2D eigenvalue weighted by molar-refractivity contribution is 7.92. The second-order valence-electron chi connectivity index (χ2n) is 9.50. The second-order valence-corrected chi connectivity index (χ2v) is 14.3. The number of likely N-dealkylation sites (tertiary alicyclic amines) is 1. The molecule has 15 heteroatoms. The Labute approximate surface area is 223 Å². The van der Waals surface area contributed by atoms with Crippen molar-refractivity contribution in [1.29, 1.82) is 0 Å². The van der Waals surface area contributed by atoms with E-state index < -0.39 is 70.9 Å². The van der Waals surface area contributed by atoms with Gasteiger partial charge in [-0.25, -0.2) is 21.8 Å². The minimum absolute atomic E-state index is 0.00863. The number of ether oxygens (including phenoxy) is 1. The average molecular weight is 599 g/mol. The smallest absolute Gasteiger partial charge is 0.417 e. The van der Waals surface area contributed by atoms with Crippen LogP contribution < -0.4 is 4.74 Å². The van der Waals surface area contributed by atoms with E-state index in [0.29, 0.717) is 12.3 Å². The van der Waals surface area contributed by atoms with E-state index in [1.54, 1.807) is 0 Å². The number of aromatic nitrogens is 1. The van der Waals surface area contributed by atoms with Gasteiger partial charge in [0.1, 0.15) is 11.4 Å². The summed E-state index contributed by atoms with van der Waals surface area (Å²) in [6.45, 7) is 1.04. The largest absolute Gasteiger partial charge is 0.435 e. The zero-order chi connectivity index (χ0) is 29.4. The summed E-state index contributed by atoms with van der Waals surface area (Å²) in [6, 6.07) is 5.15. The van der Waals surface area contributed by atoms with Crippen molar-refractivity contribution >= 4 is 25.6 Å². The lowest BCUT2D eigenvalue weighted by molar-refractivity contribution is -0.138. The number of hydrogen-bond acceptors (Lipinski definition) is 7. The van der Waals surface area contributed by atoms with Gasteiger partial charge in [-0.05, 0) is 56.9 Å². The molecule has 0 spiro atoms. The first-order chi connectivity index (χ1) is 17.9. The molecule has 0 N–H and O–H groups in total. The molecule has 0 aliphatic carbocycles. The zero-order valence-corrected chi connectivity index (χ0v) is 22.8. The number of rotatable bonds is 8. The highest BCUT2D eigenvalue weighted by Crippen LogP contribution is 2.39. The van der Waals surface area contributed by atoms with Crippen molar-refractivity contribution in [2.24, 2.45) is 5.92 Å². The molecular weight excluding hydrogens is 571 g/mol. The maximum atomic E-state index is 13.4. The molecule has 8 nitrogen and oxygen atoms in total. The van der Waals surface area contributed by atoms with Crippen molar-refractivity contribution < 1.29 is 48.3 Å². The van der Waals surface area contributed by atoms with E-state index in [2.05, 4.69) is 9.72 Å². The molecule has 0 bridgehead atoms. The molecule has 39 heavy (non-hydrogen) atoms. The number of hydrogen-bond donors (Lipinski definition) is 0. The number of carbonyl (C=O) groups excluding carboxylic acids is 1. The summed E-state index contributed by atoms with van der Waals surface area (Å²) < 4.78 is 120. The Morgan fingerprint density at radius 2 is 1.72 bits per heavy atom. The van der Waals surface area contributed by atoms with Gasteiger partial charge in [-0.2, -0.15) is 22.0 Å². The number of piperidine rings is 1. The lowest BCUT2D eigenvalue weighted by Crippen LogP contribution is -2.48. The predicted octanol–water partition coefficient (Wildman–Crippen LogP) is 4.60. The van der Waals surface area contributed by atoms with Crippen LogP contribution in [0.4, 0.5) is 22.0 Å². The number of nitrogens with zero attached hydrogens (tertiary/aromatic N) is 2. The molecule has 1 amide bonds. The number of halogens is 5. The van der Waals surface area contributed by atoms with Gasteiger partial charge in [0.25, 0.3) is 5.91 Å². The fourth-order valence-electron chi connectivity index (χ4n) is 4.42. The van der Waals surface area contributed by atoms with Gasteiger partial charge in [0.15, 0.2) is 19.7 Å². The van der Waals surface area contributed by atoms with Crippen molar-refractivity contribution in [1.82, 2.24) is 9.88 Å². The standard InChI is InChI=1S/C24H27F5N2O6S2/c1-4-38(33,34)19-12-16(24(27,28)29)14-30-20(19)21(32)31-10-8-15(9-11-31)23(2,3)39(35,36)18-7-5-6-17(13-18)37-22(25)26/h5-7,12-15,22H,4,8-11H2,1-3H3. The number of benzene rings is 1. The Morgan fingerprint density at radius 3 is 2.26 bits per heavy atom. The van der Waals surface area contributed by atoms with Crippen molar-refractivity contribution in [2.45, 2.75) is 60.9 Å². The fraction of sp³-hybridized carbons (Fsp3) is 0.500. The van der Waals surface area contributed by atoms with Crippen LogP contribution in [-0.4, -0.2) is 62.8 Å².